The van der Waals surface area contributed by atoms with Crippen molar-refractivity contribution < 1.29 is 9.53 Å². The average molecular weight is 264 g/mol. The molecule has 0 aliphatic carbocycles. The van der Waals surface area contributed by atoms with Crippen molar-refractivity contribution in [2.75, 3.05) is 11.9 Å². The lowest BCUT2D eigenvalue weighted by Gasteiger charge is -2.08. The van der Waals surface area contributed by atoms with Gasteiger partial charge < -0.3 is 10.5 Å². The molecule has 19 heavy (non-hydrogen) atoms. The molecule has 0 saturated heterocycles. The molecule has 0 unspecified atom stereocenters. The molecule has 0 saturated carbocycles. The summed E-state index contributed by atoms with van der Waals surface area (Å²) in [6.07, 6.45) is 5.66. The number of aromatic nitrogens is 2. The van der Waals surface area contributed by atoms with Crippen LogP contribution in [0.3, 0.4) is 0 Å². The molecule has 0 aliphatic rings. The van der Waals surface area contributed by atoms with E-state index in [-0.39, 0.29) is 0 Å². The monoisotopic (exact) mass is 264 g/mol. The summed E-state index contributed by atoms with van der Waals surface area (Å²) in [5.41, 5.74) is 6.75. The average Bonchev–Trinajstić information content (AvgIpc) is 2.65. The lowest BCUT2D eigenvalue weighted by molar-refractivity contribution is 0.259. The Hall–Kier alpha value is -2.24. The second-order valence-corrected chi connectivity index (χ2v) is 3.83. The van der Waals surface area contributed by atoms with E-state index in [4.69, 9.17) is 10.5 Å². The number of nitrogens with two attached hydrogens (primary N) is 1. The molecule has 0 aliphatic heterocycles. The zero-order chi connectivity index (χ0) is 14.4. The van der Waals surface area contributed by atoms with Crippen molar-refractivity contribution in [2.24, 2.45) is 5.73 Å². The highest BCUT2D eigenvalue weighted by Gasteiger charge is 2.17. The first-order chi connectivity index (χ1) is 9.04. The summed E-state index contributed by atoms with van der Waals surface area (Å²) in [6.45, 7) is 8.00. The summed E-state index contributed by atoms with van der Waals surface area (Å²) in [5.74, 6) is 0.997. The van der Waals surface area contributed by atoms with Crippen LogP contribution in [0.2, 0.25) is 0 Å². The quantitative estimate of drug-likeness (QED) is 0.802. The van der Waals surface area contributed by atoms with E-state index in [1.807, 2.05) is 45.9 Å². The Kier molecular flexibility index (Phi) is 5.17. The van der Waals surface area contributed by atoms with Crippen molar-refractivity contribution >= 4 is 17.5 Å². The minimum atomic E-state index is -0.636. The van der Waals surface area contributed by atoms with Crippen LogP contribution in [0.4, 0.5) is 10.6 Å². The minimum absolute atomic E-state index is 0.482. The van der Waals surface area contributed by atoms with Crippen LogP contribution in [0.5, 0.6) is 5.88 Å². The molecular formula is C13H20N4O2. The van der Waals surface area contributed by atoms with Crippen LogP contribution in [0.25, 0.3) is 5.70 Å². The van der Waals surface area contributed by atoms with E-state index in [2.05, 4.69) is 10.4 Å². The largest absolute Gasteiger partial charge is 0.477 e. The first-order valence-electron chi connectivity index (χ1n) is 6.13. The number of carbonyl (C=O) groups is 1. The molecule has 1 aromatic rings. The molecule has 6 heteroatoms. The summed E-state index contributed by atoms with van der Waals surface area (Å²) in [6, 6.07) is -0.636. The summed E-state index contributed by atoms with van der Waals surface area (Å²) < 4.78 is 7.04. The third kappa shape index (κ3) is 3.37. The van der Waals surface area contributed by atoms with E-state index in [0.717, 1.165) is 11.3 Å². The molecule has 1 aromatic heterocycles. The van der Waals surface area contributed by atoms with Crippen molar-refractivity contribution in [3.05, 3.63) is 23.8 Å². The number of rotatable bonds is 5. The van der Waals surface area contributed by atoms with E-state index in [1.165, 1.54) is 0 Å². The first-order valence-corrected chi connectivity index (χ1v) is 6.13. The van der Waals surface area contributed by atoms with Gasteiger partial charge in [-0.15, -0.1) is 5.10 Å². The zero-order valence-electron chi connectivity index (χ0n) is 11.7. The second kappa shape index (κ2) is 6.63. The Balaban J connectivity index is 3.35. The van der Waals surface area contributed by atoms with Crippen molar-refractivity contribution in [2.45, 2.75) is 27.7 Å². The van der Waals surface area contributed by atoms with Gasteiger partial charge in [0.15, 0.2) is 0 Å². The topological polar surface area (TPSA) is 82.2 Å². The van der Waals surface area contributed by atoms with Gasteiger partial charge in [-0.2, -0.15) is 0 Å². The Morgan fingerprint density at radius 1 is 1.53 bits per heavy atom. The van der Waals surface area contributed by atoms with Gasteiger partial charge in [0.1, 0.15) is 5.82 Å². The maximum Gasteiger partial charge on any atom is 0.317 e. The summed E-state index contributed by atoms with van der Waals surface area (Å²) >= 11 is 0. The van der Waals surface area contributed by atoms with E-state index < -0.39 is 6.03 Å². The van der Waals surface area contributed by atoms with Crippen LogP contribution in [0.1, 0.15) is 26.3 Å². The Labute approximate surface area is 112 Å². The number of amides is 2. The van der Waals surface area contributed by atoms with Gasteiger partial charge in [0.25, 0.3) is 0 Å². The predicted octanol–water partition coefficient (Wildman–Crippen LogP) is 2.52. The second-order valence-electron chi connectivity index (χ2n) is 3.83. The number of nitrogens with zero attached hydrogens (tertiary/aromatic N) is 2. The molecule has 104 valence electrons. The lowest BCUT2D eigenvalue weighted by Crippen LogP contribution is -2.22. The first kappa shape index (κ1) is 14.8. The fraction of sp³-hybridized carbons (Fsp3) is 0.385. The van der Waals surface area contributed by atoms with E-state index in [0.29, 0.717) is 18.3 Å². The van der Waals surface area contributed by atoms with Gasteiger partial charge in [-0.1, -0.05) is 12.2 Å². The Morgan fingerprint density at radius 2 is 2.21 bits per heavy atom. The molecule has 0 bridgehead atoms. The summed E-state index contributed by atoms with van der Waals surface area (Å²) in [5, 5.41) is 6.93. The SMILES string of the molecule is C/C=C\C(=C/C)n1nc(OCC)c(C)c1NC(N)=O. The predicted molar refractivity (Wildman–Crippen MR) is 76.1 cm³/mol. The van der Waals surface area contributed by atoms with Crippen LogP contribution in [0, 0.1) is 6.92 Å². The molecular weight excluding hydrogens is 244 g/mol. The smallest absolute Gasteiger partial charge is 0.317 e. The third-order valence-corrected chi connectivity index (χ3v) is 2.48. The van der Waals surface area contributed by atoms with E-state index in [9.17, 15) is 4.79 Å². The van der Waals surface area contributed by atoms with Crippen LogP contribution < -0.4 is 15.8 Å². The summed E-state index contributed by atoms with van der Waals surface area (Å²) in [4.78, 5) is 11.1. The molecule has 0 radical (unpaired) electrons. The standard InChI is InChI=1S/C13H20N4O2/c1-5-8-10(6-2)17-11(15-13(14)18)9(4)12(16-17)19-7-3/h5-6,8H,7H2,1-4H3,(H3,14,15,18)/b8-5-,10-6+. The lowest BCUT2D eigenvalue weighted by atomic mass is 10.3. The molecule has 0 spiro atoms. The minimum Gasteiger partial charge on any atom is -0.477 e. The molecule has 0 fully saturated rings. The Bertz CT molecular complexity index is 515. The molecule has 1 rings (SSSR count). The number of urea groups is 1. The van der Waals surface area contributed by atoms with Gasteiger partial charge >= 0.3 is 6.03 Å². The fourth-order valence-corrected chi connectivity index (χ4v) is 1.66. The Morgan fingerprint density at radius 3 is 2.68 bits per heavy atom. The molecule has 2 amide bonds. The van der Waals surface area contributed by atoms with Crippen molar-refractivity contribution in [1.29, 1.82) is 0 Å². The van der Waals surface area contributed by atoms with E-state index in [1.54, 1.807) is 4.68 Å². The highest BCUT2D eigenvalue weighted by atomic mass is 16.5. The maximum atomic E-state index is 11.1. The van der Waals surface area contributed by atoms with E-state index >= 15 is 0 Å². The maximum absolute atomic E-state index is 11.1. The molecule has 1 heterocycles. The van der Waals surface area contributed by atoms with Gasteiger partial charge in [0.05, 0.1) is 17.9 Å². The number of anilines is 1. The zero-order valence-corrected chi connectivity index (χ0v) is 11.7. The molecule has 0 aromatic carbocycles. The van der Waals surface area contributed by atoms with Gasteiger partial charge in [-0.05, 0) is 33.8 Å². The number of nitrogens with one attached hydrogen (secondary N) is 1. The number of hydrogen-bond donors (Lipinski definition) is 2. The number of carbonyl (C=O) groups excluding carboxylic acids is 1. The van der Waals surface area contributed by atoms with Crippen LogP contribution in [-0.4, -0.2) is 22.4 Å². The van der Waals surface area contributed by atoms with Crippen LogP contribution in [-0.2, 0) is 0 Å². The van der Waals surface area contributed by atoms with Gasteiger partial charge in [0.2, 0.25) is 5.88 Å². The molecule has 0 atom stereocenters. The molecule has 6 nitrogen and oxygen atoms in total. The third-order valence-electron chi connectivity index (χ3n) is 2.48. The molecule has 3 N–H and O–H groups in total. The highest BCUT2D eigenvalue weighted by Crippen LogP contribution is 2.28. The number of primary amides is 1. The van der Waals surface area contributed by atoms with Gasteiger partial charge in [-0.25, -0.2) is 9.48 Å². The van der Waals surface area contributed by atoms with Crippen LogP contribution in [0.15, 0.2) is 18.2 Å². The van der Waals surface area contributed by atoms with Crippen molar-refractivity contribution in [3.8, 4) is 5.88 Å². The normalized spacial score (nSPS) is 11.9. The van der Waals surface area contributed by atoms with Gasteiger partial charge in [-0.3, -0.25) is 5.32 Å². The van der Waals surface area contributed by atoms with Crippen molar-refractivity contribution in [3.63, 3.8) is 0 Å². The fourth-order valence-electron chi connectivity index (χ4n) is 1.66. The van der Waals surface area contributed by atoms with Crippen molar-refractivity contribution in [1.82, 2.24) is 9.78 Å². The van der Waals surface area contributed by atoms with Gasteiger partial charge in [0, 0.05) is 0 Å². The highest BCUT2D eigenvalue weighted by molar-refractivity contribution is 5.89. The number of allylic oxidation sites excluding steroid dienone is 4. The number of ether oxygens (including phenoxy) is 1. The number of hydrogen-bond acceptors (Lipinski definition) is 3. The van der Waals surface area contributed by atoms with Crippen LogP contribution >= 0.6 is 0 Å². The summed E-state index contributed by atoms with van der Waals surface area (Å²) in [7, 11) is 0.